The number of hydrogen-bond acceptors (Lipinski definition) is 6. The Morgan fingerprint density at radius 1 is 1.44 bits per heavy atom. The first-order valence-corrected chi connectivity index (χ1v) is 6.28. The van der Waals surface area contributed by atoms with Crippen LogP contribution in [-0.2, 0) is 11.3 Å². The monoisotopic (exact) mass is 252 g/mol. The Kier molecular flexibility index (Phi) is 4.72. The number of hydrogen-bond donors (Lipinski definition) is 2. The molecule has 18 heavy (non-hydrogen) atoms. The second kappa shape index (κ2) is 6.51. The molecule has 0 radical (unpaired) electrons. The van der Waals surface area contributed by atoms with Crippen LogP contribution in [0, 0.1) is 5.92 Å². The number of nitrogens with two attached hydrogens (primary N) is 1. The molecule has 0 aliphatic heterocycles. The van der Waals surface area contributed by atoms with E-state index in [1.807, 2.05) is 0 Å². The van der Waals surface area contributed by atoms with E-state index in [1.165, 1.54) is 19.3 Å². The van der Waals surface area contributed by atoms with Gasteiger partial charge < -0.3 is 14.9 Å². The lowest BCUT2D eigenvalue weighted by Gasteiger charge is -2.24. The van der Waals surface area contributed by atoms with E-state index in [1.54, 1.807) is 13.2 Å². The molecule has 0 atom stereocenters. The Bertz CT molecular complexity index is 382. The number of methoxy groups -OCH3 is 1. The fourth-order valence-electron chi connectivity index (χ4n) is 1.93. The average molecular weight is 252 g/mol. The maximum absolute atomic E-state index is 5.64. The van der Waals surface area contributed by atoms with Gasteiger partial charge in [-0.2, -0.15) is 4.98 Å². The highest BCUT2D eigenvalue weighted by molar-refractivity contribution is 5.36. The molecule has 1 aliphatic rings. The first-order chi connectivity index (χ1) is 8.81. The number of anilines is 1. The van der Waals surface area contributed by atoms with Crippen molar-refractivity contribution in [3.8, 4) is 5.88 Å². The van der Waals surface area contributed by atoms with E-state index >= 15 is 0 Å². The molecular formula is C12H20N4O2. The first kappa shape index (κ1) is 13.0. The Morgan fingerprint density at radius 3 is 2.89 bits per heavy atom. The van der Waals surface area contributed by atoms with Crippen molar-refractivity contribution in [3.05, 3.63) is 11.9 Å². The zero-order valence-electron chi connectivity index (χ0n) is 10.7. The summed E-state index contributed by atoms with van der Waals surface area (Å²) < 4.78 is 10.6. The van der Waals surface area contributed by atoms with Crippen LogP contribution in [0.5, 0.6) is 5.88 Å². The highest BCUT2D eigenvalue weighted by Gasteiger charge is 2.17. The van der Waals surface area contributed by atoms with Gasteiger partial charge in [-0.05, 0) is 12.3 Å². The molecule has 6 nitrogen and oxygen atoms in total. The van der Waals surface area contributed by atoms with Crippen LogP contribution in [0.1, 0.15) is 31.5 Å². The van der Waals surface area contributed by atoms with Crippen LogP contribution in [0.25, 0.3) is 0 Å². The van der Waals surface area contributed by atoms with E-state index in [-0.39, 0.29) is 0 Å². The average Bonchev–Trinajstić information content (AvgIpc) is 2.32. The summed E-state index contributed by atoms with van der Waals surface area (Å²) in [5.41, 5.74) is 2.50. The Hall–Kier alpha value is -1.40. The molecule has 3 N–H and O–H groups in total. The molecule has 0 amide bonds. The second-order valence-electron chi connectivity index (χ2n) is 4.52. The smallest absolute Gasteiger partial charge is 0.218 e. The van der Waals surface area contributed by atoms with E-state index in [0.29, 0.717) is 30.7 Å². The predicted octanol–water partition coefficient (Wildman–Crippen LogP) is 1.48. The standard InChI is InChI=1S/C12H20N4O2/c1-17-8-11-14-10(16-13)7-12(15-11)18-6-5-9-3-2-4-9/h7,9H,2-6,8,13H2,1H3,(H,14,15,16). The van der Waals surface area contributed by atoms with E-state index in [4.69, 9.17) is 15.3 Å². The summed E-state index contributed by atoms with van der Waals surface area (Å²) >= 11 is 0. The number of nitrogens with zero attached hydrogens (tertiary/aromatic N) is 2. The molecule has 0 saturated heterocycles. The summed E-state index contributed by atoms with van der Waals surface area (Å²) in [4.78, 5) is 8.42. The summed E-state index contributed by atoms with van der Waals surface area (Å²) in [6, 6.07) is 1.69. The number of nitrogens with one attached hydrogen (secondary N) is 1. The summed E-state index contributed by atoms with van der Waals surface area (Å²) in [7, 11) is 1.60. The van der Waals surface area contributed by atoms with Gasteiger partial charge in [0.2, 0.25) is 5.88 Å². The third-order valence-electron chi connectivity index (χ3n) is 3.17. The van der Waals surface area contributed by atoms with Crippen LogP contribution in [0.15, 0.2) is 6.07 Å². The topological polar surface area (TPSA) is 82.3 Å². The molecule has 2 rings (SSSR count). The van der Waals surface area contributed by atoms with Crippen LogP contribution in [0.2, 0.25) is 0 Å². The van der Waals surface area contributed by atoms with Crippen LogP contribution >= 0.6 is 0 Å². The van der Waals surface area contributed by atoms with Gasteiger partial charge in [-0.15, -0.1) is 0 Å². The Labute approximate surface area is 107 Å². The molecule has 1 heterocycles. The van der Waals surface area contributed by atoms with Gasteiger partial charge in [-0.25, -0.2) is 10.8 Å². The van der Waals surface area contributed by atoms with Crippen LogP contribution in [-0.4, -0.2) is 23.7 Å². The fourth-order valence-corrected chi connectivity index (χ4v) is 1.93. The molecule has 6 heteroatoms. The number of nitrogen functional groups attached to an aromatic ring is 1. The van der Waals surface area contributed by atoms with Gasteiger partial charge in [0.1, 0.15) is 12.4 Å². The van der Waals surface area contributed by atoms with Crippen LogP contribution in [0.4, 0.5) is 5.82 Å². The van der Waals surface area contributed by atoms with Crippen molar-refractivity contribution >= 4 is 5.82 Å². The van der Waals surface area contributed by atoms with Gasteiger partial charge in [-0.1, -0.05) is 19.3 Å². The first-order valence-electron chi connectivity index (χ1n) is 6.28. The van der Waals surface area contributed by atoms with Crippen molar-refractivity contribution in [3.63, 3.8) is 0 Å². The van der Waals surface area contributed by atoms with Gasteiger partial charge in [0, 0.05) is 13.2 Å². The number of rotatable bonds is 7. The second-order valence-corrected chi connectivity index (χ2v) is 4.52. The zero-order valence-corrected chi connectivity index (χ0v) is 10.7. The largest absolute Gasteiger partial charge is 0.478 e. The fraction of sp³-hybridized carbons (Fsp3) is 0.667. The van der Waals surface area contributed by atoms with E-state index in [0.717, 1.165) is 12.3 Å². The van der Waals surface area contributed by atoms with Gasteiger partial charge >= 0.3 is 0 Å². The molecule has 1 saturated carbocycles. The van der Waals surface area contributed by atoms with Crippen molar-refractivity contribution in [1.29, 1.82) is 0 Å². The minimum Gasteiger partial charge on any atom is -0.478 e. The molecule has 1 aromatic rings. The van der Waals surface area contributed by atoms with Crippen LogP contribution < -0.4 is 16.0 Å². The van der Waals surface area contributed by atoms with Crippen molar-refractivity contribution < 1.29 is 9.47 Å². The van der Waals surface area contributed by atoms with Crippen LogP contribution in [0.3, 0.4) is 0 Å². The number of ether oxygens (including phenoxy) is 2. The minimum absolute atomic E-state index is 0.342. The molecule has 0 unspecified atom stereocenters. The Morgan fingerprint density at radius 2 is 2.28 bits per heavy atom. The molecule has 1 fully saturated rings. The zero-order chi connectivity index (χ0) is 12.8. The Balaban J connectivity index is 1.90. The molecule has 100 valence electrons. The normalized spacial score (nSPS) is 15.2. The SMILES string of the molecule is COCc1nc(NN)cc(OCCC2CCC2)n1. The van der Waals surface area contributed by atoms with Crippen molar-refractivity contribution in [2.75, 3.05) is 19.1 Å². The highest BCUT2D eigenvalue weighted by atomic mass is 16.5. The molecule has 0 aromatic carbocycles. The van der Waals surface area contributed by atoms with Crippen molar-refractivity contribution in [2.45, 2.75) is 32.3 Å². The lowest BCUT2D eigenvalue weighted by molar-refractivity contribution is 0.175. The molecule has 1 aromatic heterocycles. The van der Waals surface area contributed by atoms with Gasteiger partial charge in [-0.3, -0.25) is 0 Å². The van der Waals surface area contributed by atoms with Crippen molar-refractivity contribution in [1.82, 2.24) is 9.97 Å². The number of aromatic nitrogens is 2. The van der Waals surface area contributed by atoms with Gasteiger partial charge in [0.15, 0.2) is 5.82 Å². The van der Waals surface area contributed by atoms with Gasteiger partial charge in [0.05, 0.1) is 6.61 Å². The third kappa shape index (κ3) is 3.54. The van der Waals surface area contributed by atoms with Gasteiger partial charge in [0.25, 0.3) is 0 Å². The lowest BCUT2D eigenvalue weighted by Crippen LogP contribution is -2.15. The summed E-state index contributed by atoms with van der Waals surface area (Å²) in [5, 5.41) is 0. The van der Waals surface area contributed by atoms with E-state index in [2.05, 4.69) is 15.4 Å². The predicted molar refractivity (Wildman–Crippen MR) is 68.0 cm³/mol. The molecule has 0 spiro atoms. The molecule has 0 bridgehead atoms. The lowest BCUT2D eigenvalue weighted by atomic mass is 9.83. The van der Waals surface area contributed by atoms with E-state index < -0.39 is 0 Å². The molecular weight excluding hydrogens is 232 g/mol. The summed E-state index contributed by atoms with van der Waals surface area (Å²) in [6.07, 6.45) is 5.11. The minimum atomic E-state index is 0.342. The highest BCUT2D eigenvalue weighted by Crippen LogP contribution is 2.29. The summed E-state index contributed by atoms with van der Waals surface area (Å²) in [6.45, 7) is 1.03. The number of hydrazine groups is 1. The maximum atomic E-state index is 5.64. The maximum Gasteiger partial charge on any atom is 0.218 e. The van der Waals surface area contributed by atoms with E-state index in [9.17, 15) is 0 Å². The van der Waals surface area contributed by atoms with Crippen molar-refractivity contribution in [2.24, 2.45) is 11.8 Å². The molecule has 1 aliphatic carbocycles. The quantitative estimate of drug-likeness (QED) is 0.565. The summed E-state index contributed by atoms with van der Waals surface area (Å²) in [5.74, 6) is 7.83. The third-order valence-corrected chi connectivity index (χ3v) is 3.17.